The molecular formula is C19H17FN2O3S. The van der Waals surface area contributed by atoms with E-state index in [0.717, 1.165) is 22.5 Å². The number of nitrogens with zero attached hydrogens (tertiary/aromatic N) is 2. The van der Waals surface area contributed by atoms with Crippen LogP contribution in [-0.2, 0) is 16.1 Å². The lowest BCUT2D eigenvalue weighted by Crippen LogP contribution is -2.22. The highest BCUT2D eigenvalue weighted by Crippen LogP contribution is 2.20. The van der Waals surface area contributed by atoms with Crippen molar-refractivity contribution in [2.75, 3.05) is 7.11 Å². The summed E-state index contributed by atoms with van der Waals surface area (Å²) in [6.45, 7) is 3.65. The summed E-state index contributed by atoms with van der Waals surface area (Å²) in [6, 6.07) is 9.91. The highest BCUT2D eigenvalue weighted by Gasteiger charge is 2.15. The molecule has 5 nitrogen and oxygen atoms in total. The van der Waals surface area contributed by atoms with Crippen LogP contribution >= 0.6 is 11.3 Å². The Balaban J connectivity index is 2.16. The molecular weight excluding hydrogens is 355 g/mol. The minimum atomic E-state index is -0.548. The van der Waals surface area contributed by atoms with Crippen LogP contribution in [0.1, 0.15) is 21.5 Å². The van der Waals surface area contributed by atoms with Crippen molar-refractivity contribution in [3.8, 4) is 0 Å². The fourth-order valence-electron chi connectivity index (χ4n) is 2.54. The Morgan fingerprint density at radius 3 is 2.65 bits per heavy atom. The van der Waals surface area contributed by atoms with Crippen molar-refractivity contribution in [1.29, 1.82) is 0 Å². The monoisotopic (exact) mass is 372 g/mol. The molecule has 0 fully saturated rings. The zero-order chi connectivity index (χ0) is 18.8. The number of carbonyl (C=O) groups excluding carboxylic acids is 2. The first kappa shape index (κ1) is 18.0. The third kappa shape index (κ3) is 3.43. The smallest absolute Gasteiger partial charge is 0.325 e. The molecule has 1 heterocycles. The minimum Gasteiger partial charge on any atom is -0.468 e. The standard InChI is InChI=1S/C19H17FN2O3S/c1-11-7-8-13(9-12(11)2)18(24)21-19-22(10-16(23)25-3)17-14(20)5-4-6-15(17)26-19/h4-9H,10H2,1-3H3. The van der Waals surface area contributed by atoms with Gasteiger partial charge in [0.1, 0.15) is 12.4 Å². The first-order valence-electron chi connectivity index (χ1n) is 7.91. The van der Waals surface area contributed by atoms with Crippen LogP contribution in [0.4, 0.5) is 4.39 Å². The van der Waals surface area contributed by atoms with Gasteiger partial charge in [-0.15, -0.1) is 0 Å². The molecule has 0 saturated heterocycles. The first-order chi connectivity index (χ1) is 12.4. The van der Waals surface area contributed by atoms with Gasteiger partial charge in [0.25, 0.3) is 5.91 Å². The topological polar surface area (TPSA) is 60.7 Å². The number of benzene rings is 2. The van der Waals surface area contributed by atoms with Gasteiger partial charge in [0.05, 0.1) is 17.3 Å². The maximum atomic E-state index is 14.3. The van der Waals surface area contributed by atoms with Gasteiger partial charge in [-0.2, -0.15) is 4.99 Å². The van der Waals surface area contributed by atoms with E-state index >= 15 is 0 Å². The fraction of sp³-hybridized carbons (Fsp3) is 0.211. The Kier molecular flexibility index (Phi) is 4.99. The molecule has 1 aromatic heterocycles. The molecule has 0 aliphatic rings. The number of halogens is 1. The van der Waals surface area contributed by atoms with Crippen LogP contribution in [0.25, 0.3) is 10.2 Å². The van der Waals surface area contributed by atoms with Crippen molar-refractivity contribution in [2.24, 2.45) is 4.99 Å². The van der Waals surface area contributed by atoms with Gasteiger partial charge in [-0.25, -0.2) is 4.39 Å². The van der Waals surface area contributed by atoms with Crippen LogP contribution in [0.2, 0.25) is 0 Å². The van der Waals surface area contributed by atoms with Crippen molar-refractivity contribution < 1.29 is 18.7 Å². The van der Waals surface area contributed by atoms with Gasteiger partial charge in [-0.05, 0) is 49.2 Å². The van der Waals surface area contributed by atoms with E-state index < -0.39 is 17.7 Å². The van der Waals surface area contributed by atoms with Crippen molar-refractivity contribution in [3.63, 3.8) is 0 Å². The van der Waals surface area contributed by atoms with Crippen LogP contribution in [-0.4, -0.2) is 23.6 Å². The van der Waals surface area contributed by atoms with Crippen molar-refractivity contribution in [3.05, 3.63) is 63.7 Å². The van der Waals surface area contributed by atoms with E-state index in [0.29, 0.717) is 10.3 Å². The summed E-state index contributed by atoms with van der Waals surface area (Å²) in [7, 11) is 1.25. The van der Waals surface area contributed by atoms with Gasteiger partial charge < -0.3 is 9.30 Å². The number of para-hydroxylation sites is 1. The molecule has 3 rings (SSSR count). The second-order valence-electron chi connectivity index (χ2n) is 5.85. The van der Waals surface area contributed by atoms with E-state index in [1.165, 1.54) is 17.7 Å². The zero-order valence-electron chi connectivity index (χ0n) is 14.6. The number of hydrogen-bond acceptors (Lipinski definition) is 4. The van der Waals surface area contributed by atoms with Crippen molar-refractivity contribution >= 4 is 33.4 Å². The molecule has 0 spiro atoms. The van der Waals surface area contributed by atoms with Gasteiger partial charge >= 0.3 is 5.97 Å². The molecule has 1 amide bonds. The number of carbonyl (C=O) groups is 2. The molecule has 0 N–H and O–H groups in total. The lowest BCUT2D eigenvalue weighted by atomic mass is 10.1. The number of hydrogen-bond donors (Lipinski definition) is 0. The van der Waals surface area contributed by atoms with E-state index in [9.17, 15) is 14.0 Å². The molecule has 2 aromatic carbocycles. The van der Waals surface area contributed by atoms with E-state index in [2.05, 4.69) is 9.73 Å². The molecule has 0 aliphatic heterocycles. The molecule has 3 aromatic rings. The van der Waals surface area contributed by atoms with Crippen LogP contribution in [0.15, 0.2) is 41.4 Å². The minimum absolute atomic E-state index is 0.226. The largest absolute Gasteiger partial charge is 0.468 e. The molecule has 134 valence electrons. The van der Waals surface area contributed by atoms with Gasteiger partial charge in [-0.3, -0.25) is 9.59 Å². The molecule has 26 heavy (non-hydrogen) atoms. The number of methoxy groups -OCH3 is 1. The van der Waals surface area contributed by atoms with Crippen molar-refractivity contribution in [1.82, 2.24) is 4.57 Å². The average molecular weight is 372 g/mol. The Labute approximate surface area is 153 Å². The molecule has 0 atom stereocenters. The fourth-order valence-corrected chi connectivity index (χ4v) is 3.58. The second-order valence-corrected chi connectivity index (χ2v) is 6.86. The summed E-state index contributed by atoms with van der Waals surface area (Å²) in [4.78, 5) is 28.7. The summed E-state index contributed by atoms with van der Waals surface area (Å²) in [5, 5.41) is 0. The van der Waals surface area contributed by atoms with Crippen LogP contribution < -0.4 is 4.80 Å². The summed E-state index contributed by atoms with van der Waals surface area (Å²) in [6.07, 6.45) is 0. The van der Waals surface area contributed by atoms with Crippen LogP contribution in [0.3, 0.4) is 0 Å². The second kappa shape index (κ2) is 7.21. The number of aryl methyl sites for hydroxylation is 2. The van der Waals surface area contributed by atoms with Gasteiger partial charge in [0.15, 0.2) is 4.80 Å². The predicted molar refractivity (Wildman–Crippen MR) is 97.6 cm³/mol. The summed E-state index contributed by atoms with van der Waals surface area (Å²) in [5.74, 6) is -1.48. The number of thiazole rings is 1. The highest BCUT2D eigenvalue weighted by atomic mass is 32.1. The number of ether oxygens (including phenoxy) is 1. The maximum Gasteiger partial charge on any atom is 0.325 e. The summed E-state index contributed by atoms with van der Waals surface area (Å²) < 4.78 is 20.9. The number of esters is 1. The molecule has 0 bridgehead atoms. The van der Waals surface area contributed by atoms with Gasteiger partial charge in [0, 0.05) is 5.56 Å². The normalized spacial score (nSPS) is 11.8. The van der Waals surface area contributed by atoms with Crippen LogP contribution in [0.5, 0.6) is 0 Å². The Morgan fingerprint density at radius 1 is 1.19 bits per heavy atom. The Hall–Kier alpha value is -2.80. The number of amides is 1. The first-order valence-corrected chi connectivity index (χ1v) is 8.73. The molecule has 0 saturated carbocycles. The Morgan fingerprint density at radius 2 is 1.96 bits per heavy atom. The molecule has 7 heteroatoms. The molecule has 0 radical (unpaired) electrons. The van der Waals surface area contributed by atoms with Gasteiger partial charge in [0.2, 0.25) is 0 Å². The zero-order valence-corrected chi connectivity index (χ0v) is 15.4. The van der Waals surface area contributed by atoms with E-state index in [1.54, 1.807) is 24.3 Å². The number of fused-ring (bicyclic) bond motifs is 1. The summed E-state index contributed by atoms with van der Waals surface area (Å²) in [5.41, 5.74) is 2.73. The average Bonchev–Trinajstić information content (AvgIpc) is 2.95. The predicted octanol–water partition coefficient (Wildman–Crippen LogP) is 3.37. The number of rotatable bonds is 3. The van der Waals surface area contributed by atoms with E-state index in [4.69, 9.17) is 0 Å². The van der Waals surface area contributed by atoms with Gasteiger partial charge in [-0.1, -0.05) is 23.5 Å². The number of aromatic nitrogens is 1. The van der Waals surface area contributed by atoms with E-state index in [-0.39, 0.29) is 16.9 Å². The third-order valence-corrected chi connectivity index (χ3v) is 5.16. The van der Waals surface area contributed by atoms with Crippen molar-refractivity contribution in [2.45, 2.75) is 20.4 Å². The SMILES string of the molecule is COC(=O)Cn1c(=NC(=O)c2ccc(C)c(C)c2)sc2cccc(F)c21. The summed E-state index contributed by atoms with van der Waals surface area (Å²) >= 11 is 1.15. The maximum absolute atomic E-state index is 14.3. The third-order valence-electron chi connectivity index (χ3n) is 4.12. The lowest BCUT2D eigenvalue weighted by molar-refractivity contribution is -0.141. The van der Waals surface area contributed by atoms with Crippen LogP contribution in [0, 0.1) is 19.7 Å². The quantitative estimate of drug-likeness (QED) is 0.662. The molecule has 0 aliphatic carbocycles. The Bertz CT molecular complexity index is 1080. The molecule has 0 unspecified atom stereocenters. The lowest BCUT2D eigenvalue weighted by Gasteiger charge is -2.04. The van der Waals surface area contributed by atoms with E-state index in [1.807, 2.05) is 19.9 Å². The highest BCUT2D eigenvalue weighted by molar-refractivity contribution is 7.16.